The number of furan rings is 1. The lowest BCUT2D eigenvalue weighted by Gasteiger charge is -2.05. The first kappa shape index (κ1) is 13.9. The topological polar surface area (TPSA) is 85.3 Å². The number of nitrogens with two attached hydrogens (primary N) is 1. The Morgan fingerprint density at radius 2 is 1.77 bits per heavy atom. The normalized spacial score (nSPS) is 10.6. The average Bonchev–Trinajstić information content (AvgIpc) is 2.91. The maximum atomic E-state index is 12.1. The lowest BCUT2D eigenvalue weighted by atomic mass is 10.2. The van der Waals surface area contributed by atoms with E-state index in [1.165, 1.54) is 6.92 Å². The van der Waals surface area contributed by atoms with Crippen molar-refractivity contribution >= 4 is 34.0 Å². The van der Waals surface area contributed by atoms with Crippen LogP contribution in [0.15, 0.2) is 52.9 Å². The molecule has 1 heterocycles. The van der Waals surface area contributed by atoms with Crippen LogP contribution in [-0.2, 0) is 0 Å². The fourth-order valence-electron chi connectivity index (χ4n) is 2.13. The second kappa shape index (κ2) is 5.37. The number of amides is 1. The molecule has 5 nitrogen and oxygen atoms in total. The third-order valence-electron chi connectivity index (χ3n) is 3.29. The first-order chi connectivity index (χ1) is 10.5. The van der Waals surface area contributed by atoms with Crippen LogP contribution in [0.4, 0.5) is 11.4 Å². The van der Waals surface area contributed by atoms with Gasteiger partial charge in [0, 0.05) is 29.2 Å². The van der Waals surface area contributed by atoms with Gasteiger partial charge in [-0.1, -0.05) is 0 Å². The van der Waals surface area contributed by atoms with E-state index >= 15 is 0 Å². The Morgan fingerprint density at radius 3 is 2.45 bits per heavy atom. The number of nitrogens with one attached hydrogen (secondary N) is 1. The molecule has 0 radical (unpaired) electrons. The summed E-state index contributed by atoms with van der Waals surface area (Å²) in [5, 5.41) is 3.57. The SMILES string of the molecule is CC(=O)c1cc2cc(NC(=O)c3ccc(N)cc3)ccc2o1. The highest BCUT2D eigenvalue weighted by Crippen LogP contribution is 2.23. The Labute approximate surface area is 126 Å². The summed E-state index contributed by atoms with van der Waals surface area (Å²) in [6, 6.07) is 13.5. The van der Waals surface area contributed by atoms with Crippen LogP contribution in [0.5, 0.6) is 0 Å². The zero-order chi connectivity index (χ0) is 15.7. The van der Waals surface area contributed by atoms with Gasteiger partial charge in [-0.05, 0) is 48.5 Å². The van der Waals surface area contributed by atoms with E-state index in [0.29, 0.717) is 28.3 Å². The summed E-state index contributed by atoms with van der Waals surface area (Å²) in [7, 11) is 0. The van der Waals surface area contributed by atoms with Crippen molar-refractivity contribution in [3.63, 3.8) is 0 Å². The zero-order valence-electron chi connectivity index (χ0n) is 11.9. The Morgan fingerprint density at radius 1 is 1.05 bits per heavy atom. The zero-order valence-corrected chi connectivity index (χ0v) is 11.9. The maximum absolute atomic E-state index is 12.1. The van der Waals surface area contributed by atoms with Gasteiger partial charge in [0.05, 0.1) is 0 Å². The molecular formula is C17H14N2O3. The van der Waals surface area contributed by atoms with Crippen LogP contribution in [-0.4, -0.2) is 11.7 Å². The Hall–Kier alpha value is -3.08. The molecule has 0 fully saturated rings. The summed E-state index contributed by atoms with van der Waals surface area (Å²) in [6.45, 7) is 1.45. The van der Waals surface area contributed by atoms with Crippen LogP contribution in [0.25, 0.3) is 11.0 Å². The van der Waals surface area contributed by atoms with E-state index in [1.54, 1.807) is 48.5 Å². The highest BCUT2D eigenvalue weighted by Gasteiger charge is 2.10. The number of rotatable bonds is 3. The summed E-state index contributed by atoms with van der Waals surface area (Å²) in [6.07, 6.45) is 0. The summed E-state index contributed by atoms with van der Waals surface area (Å²) >= 11 is 0. The van der Waals surface area contributed by atoms with Crippen LogP contribution in [0, 0.1) is 0 Å². The van der Waals surface area contributed by atoms with Crippen LogP contribution in [0.3, 0.4) is 0 Å². The van der Waals surface area contributed by atoms with Gasteiger partial charge in [-0.2, -0.15) is 0 Å². The summed E-state index contributed by atoms with van der Waals surface area (Å²) < 4.78 is 5.41. The third-order valence-corrected chi connectivity index (χ3v) is 3.29. The van der Waals surface area contributed by atoms with Crippen LogP contribution in [0.2, 0.25) is 0 Å². The standard InChI is InChI=1S/C17H14N2O3/c1-10(20)16-9-12-8-14(6-7-15(12)22-16)19-17(21)11-2-4-13(18)5-3-11/h2-9H,18H2,1H3,(H,19,21). The minimum Gasteiger partial charge on any atom is -0.453 e. The number of hydrogen-bond donors (Lipinski definition) is 2. The summed E-state index contributed by atoms with van der Waals surface area (Å²) in [4.78, 5) is 23.5. The number of benzene rings is 2. The number of Topliss-reactive ketones (excluding diaryl/α,β-unsaturated/α-hetero) is 1. The molecule has 0 atom stereocenters. The van der Waals surface area contributed by atoms with Gasteiger partial charge in [0.2, 0.25) is 0 Å². The lowest BCUT2D eigenvalue weighted by molar-refractivity contribution is 0.0987. The molecule has 0 saturated carbocycles. The molecule has 1 aromatic heterocycles. The van der Waals surface area contributed by atoms with Crippen molar-refractivity contribution in [3.8, 4) is 0 Å². The minimum atomic E-state index is -0.227. The Bertz CT molecular complexity index is 863. The van der Waals surface area contributed by atoms with Crippen molar-refractivity contribution in [2.45, 2.75) is 6.92 Å². The maximum Gasteiger partial charge on any atom is 0.255 e. The van der Waals surface area contributed by atoms with Gasteiger partial charge in [-0.15, -0.1) is 0 Å². The molecule has 0 aliphatic carbocycles. The molecule has 0 bridgehead atoms. The second-order valence-electron chi connectivity index (χ2n) is 5.00. The number of nitrogen functional groups attached to an aromatic ring is 1. The Balaban J connectivity index is 1.85. The molecule has 22 heavy (non-hydrogen) atoms. The fraction of sp³-hybridized carbons (Fsp3) is 0.0588. The van der Waals surface area contributed by atoms with Gasteiger partial charge < -0.3 is 15.5 Å². The smallest absolute Gasteiger partial charge is 0.255 e. The average molecular weight is 294 g/mol. The first-order valence-electron chi connectivity index (χ1n) is 6.74. The van der Waals surface area contributed by atoms with E-state index in [4.69, 9.17) is 10.2 Å². The predicted octanol–water partition coefficient (Wildman–Crippen LogP) is 3.47. The van der Waals surface area contributed by atoms with Gasteiger partial charge in [0.15, 0.2) is 11.5 Å². The number of hydrogen-bond acceptors (Lipinski definition) is 4. The first-order valence-corrected chi connectivity index (χ1v) is 6.74. The van der Waals surface area contributed by atoms with Crippen LogP contribution in [0.1, 0.15) is 27.8 Å². The van der Waals surface area contributed by atoms with Crippen molar-refractivity contribution in [3.05, 3.63) is 59.9 Å². The van der Waals surface area contributed by atoms with Gasteiger partial charge in [-0.3, -0.25) is 9.59 Å². The van der Waals surface area contributed by atoms with E-state index in [1.807, 2.05) is 0 Å². The molecule has 0 aliphatic heterocycles. The van der Waals surface area contributed by atoms with Crippen LogP contribution >= 0.6 is 0 Å². The van der Waals surface area contributed by atoms with Crippen molar-refractivity contribution in [2.24, 2.45) is 0 Å². The molecule has 0 aliphatic rings. The molecule has 0 saturated heterocycles. The largest absolute Gasteiger partial charge is 0.453 e. The van der Waals surface area contributed by atoms with Gasteiger partial charge in [0.1, 0.15) is 5.58 Å². The van der Waals surface area contributed by atoms with E-state index in [0.717, 1.165) is 5.39 Å². The lowest BCUT2D eigenvalue weighted by Crippen LogP contribution is -2.11. The van der Waals surface area contributed by atoms with Gasteiger partial charge in [-0.25, -0.2) is 0 Å². The van der Waals surface area contributed by atoms with E-state index < -0.39 is 0 Å². The second-order valence-corrected chi connectivity index (χ2v) is 5.00. The molecule has 110 valence electrons. The number of carbonyl (C=O) groups excluding carboxylic acids is 2. The van der Waals surface area contributed by atoms with Gasteiger partial charge >= 0.3 is 0 Å². The molecule has 2 aromatic carbocycles. The third kappa shape index (κ3) is 2.69. The summed E-state index contributed by atoms with van der Waals surface area (Å²) in [5.74, 6) is -0.0599. The van der Waals surface area contributed by atoms with E-state index in [2.05, 4.69) is 5.32 Å². The molecule has 3 N–H and O–H groups in total. The summed E-state index contributed by atoms with van der Waals surface area (Å²) in [5.41, 5.74) is 7.96. The molecule has 3 aromatic rings. The highest BCUT2D eigenvalue weighted by atomic mass is 16.3. The Kier molecular flexibility index (Phi) is 3.39. The monoisotopic (exact) mass is 294 g/mol. The van der Waals surface area contributed by atoms with E-state index in [9.17, 15) is 9.59 Å². The molecule has 5 heteroatoms. The minimum absolute atomic E-state index is 0.136. The van der Waals surface area contributed by atoms with Crippen LogP contribution < -0.4 is 11.1 Å². The van der Waals surface area contributed by atoms with Gasteiger partial charge in [0.25, 0.3) is 5.91 Å². The molecule has 0 spiro atoms. The molecule has 3 rings (SSSR count). The predicted molar refractivity (Wildman–Crippen MR) is 85.0 cm³/mol. The number of fused-ring (bicyclic) bond motifs is 1. The molecule has 0 unspecified atom stereocenters. The fourth-order valence-corrected chi connectivity index (χ4v) is 2.13. The number of ketones is 1. The van der Waals surface area contributed by atoms with Crippen molar-refractivity contribution in [2.75, 3.05) is 11.1 Å². The highest BCUT2D eigenvalue weighted by molar-refractivity contribution is 6.05. The molecular weight excluding hydrogens is 280 g/mol. The van der Waals surface area contributed by atoms with E-state index in [-0.39, 0.29) is 11.7 Å². The quantitative estimate of drug-likeness (QED) is 0.572. The van der Waals surface area contributed by atoms with Crippen molar-refractivity contribution < 1.29 is 14.0 Å². The van der Waals surface area contributed by atoms with Crippen molar-refractivity contribution in [1.82, 2.24) is 0 Å². The number of carbonyl (C=O) groups is 2. The number of anilines is 2. The van der Waals surface area contributed by atoms with Crippen molar-refractivity contribution in [1.29, 1.82) is 0 Å². The molecule has 1 amide bonds.